The molecule has 3 aromatic heterocycles. The number of likely N-dealkylation sites (tertiary alicyclic amines) is 2. The van der Waals surface area contributed by atoms with E-state index in [0.717, 1.165) is 95.0 Å². The number of hydrogen-bond donors (Lipinski definition) is 2. The monoisotopic (exact) mass is 951 g/mol. The zero-order valence-electron chi connectivity index (χ0n) is 40.9. The van der Waals surface area contributed by atoms with Crippen molar-refractivity contribution in [1.82, 2.24) is 40.1 Å². The van der Waals surface area contributed by atoms with E-state index in [1.165, 1.54) is 0 Å². The molecule has 366 valence electrons. The number of methoxy groups -OCH3 is 1. The lowest BCUT2D eigenvalue weighted by molar-refractivity contribution is -0.156. The summed E-state index contributed by atoms with van der Waals surface area (Å²) in [6.07, 6.45) is 7.37. The van der Waals surface area contributed by atoms with Gasteiger partial charge in [0.2, 0.25) is 5.91 Å². The van der Waals surface area contributed by atoms with Crippen LogP contribution in [0.1, 0.15) is 102 Å². The van der Waals surface area contributed by atoms with E-state index >= 15 is 4.79 Å². The smallest absolute Gasteiger partial charge is 0.324 e. The van der Waals surface area contributed by atoms with Crippen LogP contribution in [0, 0.1) is 23.2 Å². The number of rotatable bonds is 10. The van der Waals surface area contributed by atoms with Crippen LogP contribution in [0.3, 0.4) is 0 Å². The molecule has 4 saturated heterocycles. The Labute approximate surface area is 404 Å². The van der Waals surface area contributed by atoms with E-state index in [4.69, 9.17) is 28.9 Å². The molecule has 1 aliphatic carbocycles. The topological polar surface area (TPSA) is 153 Å². The van der Waals surface area contributed by atoms with Gasteiger partial charge in [-0.15, -0.1) is 11.3 Å². The number of likely N-dealkylation sites (N-methyl/N-ethyl adjacent to an activating group) is 1. The van der Waals surface area contributed by atoms with Crippen molar-refractivity contribution >= 4 is 40.0 Å². The van der Waals surface area contributed by atoms with Crippen LogP contribution in [-0.4, -0.2) is 138 Å². The number of benzene rings is 1. The minimum Gasteiger partial charge on any atom is -0.464 e. The van der Waals surface area contributed by atoms with Crippen molar-refractivity contribution in [1.29, 1.82) is 0 Å². The summed E-state index contributed by atoms with van der Waals surface area (Å²) in [6.45, 7) is 16.2. The lowest BCUT2D eigenvalue weighted by atomic mass is 9.84. The lowest BCUT2D eigenvalue weighted by Gasteiger charge is -2.55. The molecule has 1 spiro atoms. The number of aromatic nitrogens is 3. The number of nitrogens with zero attached hydrogens (tertiary/aromatic N) is 6. The highest BCUT2D eigenvalue weighted by Crippen LogP contribution is 2.48. The Hall–Kier alpha value is -4.29. The fourth-order valence-corrected chi connectivity index (χ4v) is 12.8. The van der Waals surface area contributed by atoms with Gasteiger partial charge >= 0.3 is 5.97 Å². The van der Waals surface area contributed by atoms with Gasteiger partial charge in [0.1, 0.15) is 17.1 Å². The van der Waals surface area contributed by atoms with E-state index in [9.17, 15) is 9.59 Å². The Morgan fingerprint density at radius 1 is 1.07 bits per heavy atom. The van der Waals surface area contributed by atoms with Crippen molar-refractivity contribution < 1.29 is 33.3 Å². The molecule has 8 heterocycles. The van der Waals surface area contributed by atoms with Crippen LogP contribution in [0.4, 0.5) is 0 Å². The Kier molecular flexibility index (Phi) is 13.3. The SMILES string of the molecule is CO[C@@H](C)c1ncccc1-c1c2c3cc(ccc3n1CCOC1CCOCC1)-c1csc(n1)[C@@H](N1CC3(CCCN3C)C1)[C@H](NC(=O)C1[C@@H](C)[C@H]1C)C(=O)N1CCC[C@H](N1)C(=O)OCC(C)(C)C2. The molecule has 5 fully saturated rings. The Balaban J connectivity index is 1.12. The third kappa shape index (κ3) is 9.03. The maximum atomic E-state index is 15.2. The van der Waals surface area contributed by atoms with Gasteiger partial charge in [0.15, 0.2) is 0 Å². The number of hydrazine groups is 1. The zero-order chi connectivity index (χ0) is 47.5. The average molecular weight is 951 g/mol. The van der Waals surface area contributed by atoms with Crippen LogP contribution in [0.2, 0.25) is 0 Å². The number of pyridine rings is 1. The van der Waals surface area contributed by atoms with Gasteiger partial charge in [0, 0.05) is 97.0 Å². The first-order valence-corrected chi connectivity index (χ1v) is 25.9. The first-order chi connectivity index (χ1) is 32.8. The molecule has 15 nitrogen and oxygen atoms in total. The summed E-state index contributed by atoms with van der Waals surface area (Å²) in [7, 11) is 3.91. The van der Waals surface area contributed by atoms with Crippen LogP contribution >= 0.6 is 11.3 Å². The number of hydrogen-bond acceptors (Lipinski definition) is 13. The molecule has 6 aliphatic rings. The molecular formula is C52H70N8O7S. The molecule has 1 aromatic carbocycles. The largest absolute Gasteiger partial charge is 0.464 e. The van der Waals surface area contributed by atoms with Crippen LogP contribution in [-0.2, 0) is 46.3 Å². The molecule has 6 bridgehead atoms. The standard InChI is InChI=1S/C52H70N8O7S/c1-31-32(2)42(31)47(61)55-44-46(58-28-52(29-58)17-10-19-57(52)6)48-54-40(27-68-48)34-13-14-41-37(25-34)38(26-51(4,5)30-67-50(63)39-12-9-20-60(56-39)49(44)62)45(36-11-8-18-53-43(36)33(3)64-7)59(41)21-24-66-35-15-22-65-23-16-35/h8,11,13-14,18,25,27,31-33,35,39,42,44,46,56H,9-10,12,15-17,19-24,26,28-30H2,1-7H3,(H,55,61)/t31-,32+,33-,39-,42?,44-,46-/m0/s1. The van der Waals surface area contributed by atoms with E-state index in [2.05, 4.69) is 89.5 Å². The van der Waals surface area contributed by atoms with Crippen molar-refractivity contribution in [2.45, 2.75) is 122 Å². The Morgan fingerprint density at radius 3 is 2.60 bits per heavy atom. The Morgan fingerprint density at radius 2 is 1.87 bits per heavy atom. The van der Waals surface area contributed by atoms with Crippen LogP contribution in [0.15, 0.2) is 41.9 Å². The minimum atomic E-state index is -0.942. The molecule has 2 N–H and O–H groups in total. The summed E-state index contributed by atoms with van der Waals surface area (Å²) in [5.41, 5.74) is 9.60. The fraction of sp³-hybridized carbons (Fsp3) is 0.635. The maximum Gasteiger partial charge on any atom is 0.324 e. The molecule has 4 aromatic rings. The summed E-state index contributed by atoms with van der Waals surface area (Å²) in [4.78, 5) is 58.8. The molecule has 0 radical (unpaired) electrons. The fourth-order valence-electron chi connectivity index (χ4n) is 11.8. The van der Waals surface area contributed by atoms with E-state index in [1.807, 2.05) is 19.2 Å². The number of cyclic esters (lactones) is 1. The van der Waals surface area contributed by atoms with Gasteiger partial charge in [-0.05, 0) is 107 Å². The molecule has 16 heteroatoms. The highest BCUT2D eigenvalue weighted by atomic mass is 32.1. The average Bonchev–Trinajstić information content (AvgIpc) is 3.72. The number of thiazole rings is 1. The third-order valence-corrected chi connectivity index (χ3v) is 17.2. The summed E-state index contributed by atoms with van der Waals surface area (Å²) >= 11 is 1.54. The molecule has 2 amide bonds. The third-order valence-electron chi connectivity index (χ3n) is 16.2. The number of nitrogens with one attached hydrogen (secondary N) is 2. The summed E-state index contributed by atoms with van der Waals surface area (Å²) in [5.74, 6) is -0.477. The normalized spacial score (nSPS) is 28.3. The maximum absolute atomic E-state index is 15.2. The van der Waals surface area contributed by atoms with Crippen molar-refractivity contribution in [2.24, 2.45) is 23.2 Å². The second kappa shape index (κ2) is 19.1. The number of ether oxygens (including phenoxy) is 4. The van der Waals surface area contributed by atoms with Gasteiger partial charge in [0.25, 0.3) is 5.91 Å². The van der Waals surface area contributed by atoms with Crippen LogP contribution in [0.5, 0.6) is 0 Å². The van der Waals surface area contributed by atoms with Gasteiger partial charge < -0.3 is 28.8 Å². The highest BCUT2D eigenvalue weighted by Gasteiger charge is 2.55. The van der Waals surface area contributed by atoms with Crippen molar-refractivity contribution in [2.75, 3.05) is 66.8 Å². The summed E-state index contributed by atoms with van der Waals surface area (Å²) < 4.78 is 26.8. The van der Waals surface area contributed by atoms with E-state index in [0.29, 0.717) is 52.2 Å². The molecular weight excluding hydrogens is 881 g/mol. The van der Waals surface area contributed by atoms with Gasteiger partial charge in [-0.3, -0.25) is 34.2 Å². The second-order valence-corrected chi connectivity index (χ2v) is 22.3. The summed E-state index contributed by atoms with van der Waals surface area (Å²) in [5, 5.41) is 8.84. The predicted octanol–water partition coefficient (Wildman–Crippen LogP) is 6.56. The number of carbonyl (C=O) groups excluding carboxylic acids is 3. The van der Waals surface area contributed by atoms with Gasteiger partial charge in [-0.25, -0.2) is 10.4 Å². The summed E-state index contributed by atoms with van der Waals surface area (Å²) in [6, 6.07) is 8.52. The molecule has 1 saturated carbocycles. The van der Waals surface area contributed by atoms with Gasteiger partial charge in [0.05, 0.1) is 48.5 Å². The minimum absolute atomic E-state index is 0.0204. The number of amides is 2. The van der Waals surface area contributed by atoms with E-state index < -0.39 is 29.5 Å². The van der Waals surface area contributed by atoms with Crippen LogP contribution in [0.25, 0.3) is 33.4 Å². The van der Waals surface area contributed by atoms with E-state index in [-0.39, 0.29) is 53.9 Å². The number of fused-ring (bicyclic) bond motifs is 6. The predicted molar refractivity (Wildman–Crippen MR) is 260 cm³/mol. The molecule has 10 rings (SSSR count). The number of carbonyl (C=O) groups is 3. The Bertz CT molecular complexity index is 2500. The van der Waals surface area contributed by atoms with E-state index in [1.54, 1.807) is 23.5 Å². The van der Waals surface area contributed by atoms with Crippen molar-refractivity contribution in [3.8, 4) is 22.5 Å². The zero-order valence-corrected chi connectivity index (χ0v) is 41.7. The molecule has 7 atom stereocenters. The molecule has 5 aliphatic heterocycles. The lowest BCUT2D eigenvalue weighted by Crippen LogP contribution is -2.70. The number of esters is 1. The molecule has 68 heavy (non-hydrogen) atoms. The van der Waals surface area contributed by atoms with Gasteiger partial charge in [-0.2, -0.15) is 0 Å². The van der Waals surface area contributed by atoms with Crippen LogP contribution < -0.4 is 10.7 Å². The second-order valence-electron chi connectivity index (χ2n) is 21.4. The highest BCUT2D eigenvalue weighted by molar-refractivity contribution is 7.10. The van der Waals surface area contributed by atoms with Crippen molar-refractivity contribution in [3.05, 3.63) is 58.2 Å². The van der Waals surface area contributed by atoms with Gasteiger partial charge in [-0.1, -0.05) is 33.8 Å². The first-order valence-electron chi connectivity index (χ1n) is 25.0. The first kappa shape index (κ1) is 47.4. The quantitative estimate of drug-likeness (QED) is 0.166. The molecule has 1 unspecified atom stereocenters. The van der Waals surface area contributed by atoms with Crippen molar-refractivity contribution in [3.63, 3.8) is 0 Å².